The van der Waals surface area contributed by atoms with Gasteiger partial charge in [0.25, 0.3) is 0 Å². The average molecular weight is 284 g/mol. The molecule has 4 heteroatoms. The van der Waals surface area contributed by atoms with Crippen molar-refractivity contribution in [1.82, 2.24) is 5.32 Å². The summed E-state index contributed by atoms with van der Waals surface area (Å²) in [7, 11) is 0. The Morgan fingerprint density at radius 2 is 2.05 bits per heavy atom. The first-order valence-electron chi connectivity index (χ1n) is 6.84. The summed E-state index contributed by atoms with van der Waals surface area (Å²) in [6.07, 6.45) is 0. The number of rotatable bonds is 6. The van der Waals surface area contributed by atoms with Crippen LogP contribution in [0, 0.1) is 17.1 Å². The van der Waals surface area contributed by atoms with E-state index in [0.717, 1.165) is 30.0 Å². The number of halogens is 1. The number of para-hydroxylation sites is 1. The number of nitrogens with zero attached hydrogens (tertiary/aromatic N) is 1. The van der Waals surface area contributed by atoms with Gasteiger partial charge in [0.15, 0.2) is 0 Å². The number of benzene rings is 2. The standard InChI is InChI=1S/C17H17FN2O/c1-2-20-11-14-5-3-4-6-17(14)21-12-13-7-8-16(18)15(9-13)10-19/h3-9,20H,2,11-12H2,1H3. The van der Waals surface area contributed by atoms with Crippen LogP contribution in [0.4, 0.5) is 4.39 Å². The molecule has 0 aromatic heterocycles. The minimum absolute atomic E-state index is 0.0389. The molecule has 1 N–H and O–H groups in total. The molecule has 0 spiro atoms. The van der Waals surface area contributed by atoms with Crippen LogP contribution in [-0.2, 0) is 13.2 Å². The molecule has 0 aliphatic carbocycles. The Morgan fingerprint density at radius 1 is 1.24 bits per heavy atom. The van der Waals surface area contributed by atoms with Gasteiger partial charge in [-0.3, -0.25) is 0 Å². The predicted octanol–water partition coefficient (Wildman–Crippen LogP) is 3.39. The van der Waals surface area contributed by atoms with Crippen molar-refractivity contribution in [2.75, 3.05) is 6.54 Å². The van der Waals surface area contributed by atoms with Gasteiger partial charge in [0.2, 0.25) is 0 Å². The van der Waals surface area contributed by atoms with Crippen LogP contribution in [0.1, 0.15) is 23.6 Å². The Labute approximate surface area is 124 Å². The van der Waals surface area contributed by atoms with Crippen molar-refractivity contribution < 1.29 is 9.13 Å². The average Bonchev–Trinajstić information content (AvgIpc) is 2.53. The third kappa shape index (κ3) is 4.04. The molecule has 0 radical (unpaired) electrons. The van der Waals surface area contributed by atoms with Crippen molar-refractivity contribution in [2.24, 2.45) is 0 Å². The van der Waals surface area contributed by atoms with Crippen LogP contribution in [0.25, 0.3) is 0 Å². The van der Waals surface area contributed by atoms with Crippen molar-refractivity contribution in [3.63, 3.8) is 0 Å². The fourth-order valence-electron chi connectivity index (χ4n) is 1.96. The molecule has 0 atom stereocenters. The van der Waals surface area contributed by atoms with E-state index in [1.165, 1.54) is 12.1 Å². The van der Waals surface area contributed by atoms with Gasteiger partial charge < -0.3 is 10.1 Å². The highest BCUT2D eigenvalue weighted by atomic mass is 19.1. The lowest BCUT2D eigenvalue weighted by molar-refractivity contribution is 0.302. The van der Waals surface area contributed by atoms with E-state index in [4.69, 9.17) is 10.00 Å². The molecule has 2 rings (SSSR count). The van der Waals surface area contributed by atoms with Crippen molar-refractivity contribution in [2.45, 2.75) is 20.1 Å². The number of ether oxygens (including phenoxy) is 1. The normalized spacial score (nSPS) is 10.1. The third-order valence-corrected chi connectivity index (χ3v) is 3.08. The zero-order valence-corrected chi connectivity index (χ0v) is 11.9. The topological polar surface area (TPSA) is 45.0 Å². The minimum atomic E-state index is -0.506. The van der Waals surface area contributed by atoms with E-state index in [1.54, 1.807) is 6.07 Å². The Bertz CT molecular complexity index is 649. The summed E-state index contributed by atoms with van der Waals surface area (Å²) in [4.78, 5) is 0. The van der Waals surface area contributed by atoms with Crippen LogP contribution in [0.2, 0.25) is 0 Å². The molecule has 3 nitrogen and oxygen atoms in total. The van der Waals surface area contributed by atoms with Crippen LogP contribution in [0.5, 0.6) is 5.75 Å². The molecule has 2 aromatic carbocycles. The monoisotopic (exact) mass is 284 g/mol. The second-order valence-corrected chi connectivity index (χ2v) is 4.60. The Kier molecular flexibility index (Phi) is 5.30. The van der Waals surface area contributed by atoms with Crippen LogP contribution < -0.4 is 10.1 Å². The van der Waals surface area contributed by atoms with Gasteiger partial charge in [-0.15, -0.1) is 0 Å². The molecule has 0 unspecified atom stereocenters. The van der Waals surface area contributed by atoms with Crippen LogP contribution in [0.3, 0.4) is 0 Å². The van der Waals surface area contributed by atoms with Crippen molar-refractivity contribution in [3.05, 3.63) is 65.0 Å². The van der Waals surface area contributed by atoms with E-state index in [2.05, 4.69) is 5.32 Å². The molecule has 0 saturated carbocycles. The summed E-state index contributed by atoms with van der Waals surface area (Å²) in [5.74, 6) is 0.287. The maximum Gasteiger partial charge on any atom is 0.140 e. The lowest BCUT2D eigenvalue weighted by Gasteiger charge is -2.12. The second kappa shape index (κ2) is 7.41. The highest BCUT2D eigenvalue weighted by Crippen LogP contribution is 2.20. The van der Waals surface area contributed by atoms with Gasteiger partial charge in [0.05, 0.1) is 5.56 Å². The lowest BCUT2D eigenvalue weighted by Crippen LogP contribution is -2.12. The molecule has 0 fully saturated rings. The minimum Gasteiger partial charge on any atom is -0.489 e. The van der Waals surface area contributed by atoms with Gasteiger partial charge >= 0.3 is 0 Å². The van der Waals surface area contributed by atoms with Crippen molar-refractivity contribution in [1.29, 1.82) is 5.26 Å². The molecule has 21 heavy (non-hydrogen) atoms. The highest BCUT2D eigenvalue weighted by Gasteiger charge is 2.05. The van der Waals surface area contributed by atoms with Crippen molar-refractivity contribution >= 4 is 0 Å². The zero-order chi connectivity index (χ0) is 15.1. The quantitative estimate of drug-likeness (QED) is 0.884. The van der Waals surface area contributed by atoms with Crippen LogP contribution in [0.15, 0.2) is 42.5 Å². The lowest BCUT2D eigenvalue weighted by atomic mass is 10.1. The molecule has 0 bridgehead atoms. The van der Waals surface area contributed by atoms with Crippen molar-refractivity contribution in [3.8, 4) is 11.8 Å². The van der Waals surface area contributed by atoms with E-state index in [0.29, 0.717) is 6.61 Å². The summed E-state index contributed by atoms with van der Waals surface area (Å²) in [6, 6.07) is 14.1. The summed E-state index contributed by atoms with van der Waals surface area (Å²) in [5, 5.41) is 12.1. The Hall–Kier alpha value is -2.38. The van der Waals surface area contributed by atoms with E-state index >= 15 is 0 Å². The summed E-state index contributed by atoms with van der Waals surface area (Å²) >= 11 is 0. The maximum atomic E-state index is 13.3. The molecule has 0 amide bonds. The zero-order valence-electron chi connectivity index (χ0n) is 11.9. The molecular weight excluding hydrogens is 267 g/mol. The molecule has 0 aliphatic rings. The van der Waals surface area contributed by atoms with Gasteiger partial charge in [-0.2, -0.15) is 5.26 Å². The largest absolute Gasteiger partial charge is 0.489 e. The molecule has 0 aliphatic heterocycles. The fraction of sp³-hybridized carbons (Fsp3) is 0.235. The van der Waals surface area contributed by atoms with E-state index in [1.807, 2.05) is 37.3 Å². The van der Waals surface area contributed by atoms with Crippen LogP contribution >= 0.6 is 0 Å². The fourth-order valence-corrected chi connectivity index (χ4v) is 1.96. The number of hydrogen-bond donors (Lipinski definition) is 1. The Morgan fingerprint density at radius 3 is 2.81 bits per heavy atom. The van der Waals surface area contributed by atoms with Gasteiger partial charge in [-0.25, -0.2) is 4.39 Å². The number of nitriles is 1. The van der Waals surface area contributed by atoms with E-state index in [9.17, 15) is 4.39 Å². The number of nitrogens with one attached hydrogen (secondary N) is 1. The highest BCUT2D eigenvalue weighted by molar-refractivity contribution is 5.36. The summed E-state index contributed by atoms with van der Waals surface area (Å²) in [6.45, 7) is 3.97. The van der Waals surface area contributed by atoms with Gasteiger partial charge in [-0.05, 0) is 30.3 Å². The predicted molar refractivity (Wildman–Crippen MR) is 79.3 cm³/mol. The molecule has 0 heterocycles. The first kappa shape index (κ1) is 15.0. The first-order valence-corrected chi connectivity index (χ1v) is 6.84. The smallest absolute Gasteiger partial charge is 0.140 e. The summed E-state index contributed by atoms with van der Waals surface area (Å²) in [5.41, 5.74) is 1.88. The van der Waals surface area contributed by atoms with Gasteiger partial charge in [0.1, 0.15) is 24.2 Å². The van der Waals surface area contributed by atoms with Gasteiger partial charge in [0, 0.05) is 12.1 Å². The molecular formula is C17H17FN2O. The van der Waals surface area contributed by atoms with E-state index < -0.39 is 5.82 Å². The SMILES string of the molecule is CCNCc1ccccc1OCc1ccc(F)c(C#N)c1. The molecule has 2 aromatic rings. The van der Waals surface area contributed by atoms with Gasteiger partial charge in [-0.1, -0.05) is 31.2 Å². The third-order valence-electron chi connectivity index (χ3n) is 3.08. The van der Waals surface area contributed by atoms with E-state index in [-0.39, 0.29) is 5.56 Å². The number of hydrogen-bond acceptors (Lipinski definition) is 3. The van der Waals surface area contributed by atoms with Crippen LogP contribution in [-0.4, -0.2) is 6.54 Å². The molecule has 108 valence electrons. The second-order valence-electron chi connectivity index (χ2n) is 4.60. The Balaban J connectivity index is 2.08. The maximum absolute atomic E-state index is 13.3. The summed E-state index contributed by atoms with van der Waals surface area (Å²) < 4.78 is 19.1. The molecule has 0 saturated heterocycles. The first-order chi connectivity index (χ1) is 10.2.